The van der Waals surface area contributed by atoms with Crippen LogP contribution >= 0.6 is 11.3 Å². The average molecular weight is 198 g/mol. The monoisotopic (exact) mass is 198 g/mol. The van der Waals surface area contributed by atoms with E-state index in [1.54, 1.807) is 11.3 Å². The van der Waals surface area contributed by atoms with Crippen LogP contribution < -0.4 is 5.73 Å². The summed E-state index contributed by atoms with van der Waals surface area (Å²) >= 11 is 1.70. The van der Waals surface area contributed by atoms with Crippen LogP contribution in [0.2, 0.25) is 0 Å². The second-order valence-corrected chi connectivity index (χ2v) is 4.67. The standard InChI is InChI=1S/C10H18N2S/c1-4-10(11,5-2)6-9-7-13-8(3)12-9/h7H,4-6,11H2,1-3H3. The molecule has 0 fully saturated rings. The normalized spacial score (nSPS) is 12.0. The van der Waals surface area contributed by atoms with Crippen LogP contribution in [-0.4, -0.2) is 10.5 Å². The molecule has 0 bridgehead atoms. The van der Waals surface area contributed by atoms with E-state index in [0.717, 1.165) is 30.0 Å². The molecule has 0 aromatic carbocycles. The summed E-state index contributed by atoms with van der Waals surface area (Å²) in [5, 5.41) is 3.24. The van der Waals surface area contributed by atoms with Crippen molar-refractivity contribution in [2.24, 2.45) is 5.73 Å². The fraction of sp³-hybridized carbons (Fsp3) is 0.700. The Morgan fingerprint density at radius 3 is 2.46 bits per heavy atom. The molecule has 74 valence electrons. The molecular formula is C10H18N2S. The van der Waals surface area contributed by atoms with Crippen LogP contribution in [0.4, 0.5) is 0 Å². The smallest absolute Gasteiger partial charge is 0.0897 e. The van der Waals surface area contributed by atoms with E-state index in [4.69, 9.17) is 5.73 Å². The van der Waals surface area contributed by atoms with Crippen molar-refractivity contribution in [3.05, 3.63) is 16.1 Å². The molecule has 0 spiro atoms. The van der Waals surface area contributed by atoms with Crippen molar-refractivity contribution in [1.82, 2.24) is 4.98 Å². The largest absolute Gasteiger partial charge is 0.325 e. The van der Waals surface area contributed by atoms with Crippen molar-refractivity contribution in [1.29, 1.82) is 0 Å². The molecule has 0 saturated carbocycles. The van der Waals surface area contributed by atoms with Crippen molar-refractivity contribution in [3.8, 4) is 0 Å². The first-order chi connectivity index (χ1) is 6.09. The van der Waals surface area contributed by atoms with Crippen LogP contribution in [0.15, 0.2) is 5.38 Å². The topological polar surface area (TPSA) is 38.9 Å². The Labute approximate surface area is 84.2 Å². The first kappa shape index (κ1) is 10.7. The van der Waals surface area contributed by atoms with Gasteiger partial charge in [0, 0.05) is 17.3 Å². The summed E-state index contributed by atoms with van der Waals surface area (Å²) in [6.45, 7) is 6.32. The van der Waals surface area contributed by atoms with E-state index in [0.29, 0.717) is 0 Å². The molecule has 0 aliphatic rings. The first-order valence-electron chi connectivity index (χ1n) is 4.79. The molecule has 0 atom stereocenters. The number of aryl methyl sites for hydroxylation is 1. The predicted octanol–water partition coefficient (Wildman–Crippen LogP) is 2.51. The summed E-state index contributed by atoms with van der Waals surface area (Å²) in [4.78, 5) is 4.43. The number of thiazole rings is 1. The molecule has 2 nitrogen and oxygen atoms in total. The van der Waals surface area contributed by atoms with E-state index in [2.05, 4.69) is 24.2 Å². The van der Waals surface area contributed by atoms with Gasteiger partial charge in [-0.2, -0.15) is 0 Å². The summed E-state index contributed by atoms with van der Waals surface area (Å²) in [5.41, 5.74) is 7.29. The summed E-state index contributed by atoms with van der Waals surface area (Å²) in [7, 11) is 0. The summed E-state index contributed by atoms with van der Waals surface area (Å²) in [6, 6.07) is 0. The van der Waals surface area contributed by atoms with Crippen molar-refractivity contribution >= 4 is 11.3 Å². The van der Waals surface area contributed by atoms with E-state index < -0.39 is 0 Å². The van der Waals surface area contributed by atoms with Crippen LogP contribution in [0.25, 0.3) is 0 Å². The van der Waals surface area contributed by atoms with E-state index in [9.17, 15) is 0 Å². The molecule has 0 aliphatic carbocycles. The van der Waals surface area contributed by atoms with Crippen molar-refractivity contribution in [3.63, 3.8) is 0 Å². The average Bonchev–Trinajstić information content (AvgIpc) is 2.51. The zero-order chi connectivity index (χ0) is 9.90. The molecule has 3 heteroatoms. The molecule has 1 aromatic rings. The van der Waals surface area contributed by atoms with Crippen molar-refractivity contribution in [2.45, 2.75) is 45.6 Å². The van der Waals surface area contributed by atoms with E-state index in [-0.39, 0.29) is 5.54 Å². The Balaban J connectivity index is 2.67. The summed E-state index contributed by atoms with van der Waals surface area (Å²) < 4.78 is 0. The molecule has 1 heterocycles. The number of nitrogens with zero attached hydrogens (tertiary/aromatic N) is 1. The molecule has 0 aliphatic heterocycles. The Hall–Kier alpha value is -0.410. The van der Waals surface area contributed by atoms with Gasteiger partial charge < -0.3 is 5.73 Å². The maximum atomic E-state index is 6.20. The highest BCUT2D eigenvalue weighted by atomic mass is 32.1. The van der Waals surface area contributed by atoms with E-state index in [1.807, 2.05) is 6.92 Å². The van der Waals surface area contributed by atoms with Crippen LogP contribution in [0.1, 0.15) is 37.4 Å². The highest BCUT2D eigenvalue weighted by Crippen LogP contribution is 2.19. The number of rotatable bonds is 4. The Bertz CT molecular complexity index is 264. The zero-order valence-electron chi connectivity index (χ0n) is 8.63. The Morgan fingerprint density at radius 1 is 1.46 bits per heavy atom. The van der Waals surface area contributed by atoms with E-state index in [1.165, 1.54) is 0 Å². The second kappa shape index (κ2) is 4.20. The third kappa shape index (κ3) is 2.78. The van der Waals surface area contributed by atoms with Gasteiger partial charge in [-0.15, -0.1) is 11.3 Å². The number of aromatic nitrogens is 1. The first-order valence-corrected chi connectivity index (χ1v) is 5.67. The van der Waals surface area contributed by atoms with Gasteiger partial charge in [-0.25, -0.2) is 4.98 Å². The second-order valence-electron chi connectivity index (χ2n) is 3.60. The maximum absolute atomic E-state index is 6.20. The zero-order valence-corrected chi connectivity index (χ0v) is 9.45. The highest BCUT2D eigenvalue weighted by molar-refractivity contribution is 7.09. The summed E-state index contributed by atoms with van der Waals surface area (Å²) in [6.07, 6.45) is 2.94. The molecule has 2 N–H and O–H groups in total. The lowest BCUT2D eigenvalue weighted by molar-refractivity contribution is 0.390. The molecule has 0 radical (unpaired) electrons. The van der Waals surface area contributed by atoms with Crippen LogP contribution in [0.3, 0.4) is 0 Å². The lowest BCUT2D eigenvalue weighted by Gasteiger charge is -2.25. The van der Waals surface area contributed by atoms with Gasteiger partial charge in [-0.05, 0) is 19.8 Å². The minimum atomic E-state index is -0.0550. The fourth-order valence-corrected chi connectivity index (χ4v) is 1.96. The number of hydrogen-bond acceptors (Lipinski definition) is 3. The Kier molecular flexibility index (Phi) is 3.45. The minimum Gasteiger partial charge on any atom is -0.325 e. The summed E-state index contributed by atoms with van der Waals surface area (Å²) in [5.74, 6) is 0. The SMILES string of the molecule is CCC(N)(CC)Cc1csc(C)n1. The van der Waals surface area contributed by atoms with Gasteiger partial charge in [0.25, 0.3) is 0 Å². The third-order valence-electron chi connectivity index (χ3n) is 2.61. The predicted molar refractivity (Wildman–Crippen MR) is 58.1 cm³/mol. The molecule has 1 aromatic heterocycles. The van der Waals surface area contributed by atoms with Gasteiger partial charge in [-0.3, -0.25) is 0 Å². The highest BCUT2D eigenvalue weighted by Gasteiger charge is 2.21. The van der Waals surface area contributed by atoms with Crippen LogP contribution in [0, 0.1) is 6.92 Å². The Morgan fingerprint density at radius 2 is 2.08 bits per heavy atom. The molecular weight excluding hydrogens is 180 g/mol. The van der Waals surface area contributed by atoms with Gasteiger partial charge in [0.1, 0.15) is 0 Å². The van der Waals surface area contributed by atoms with Gasteiger partial charge >= 0.3 is 0 Å². The van der Waals surface area contributed by atoms with Crippen molar-refractivity contribution < 1.29 is 0 Å². The van der Waals surface area contributed by atoms with Gasteiger partial charge in [0.2, 0.25) is 0 Å². The fourth-order valence-electron chi connectivity index (χ4n) is 1.35. The number of hydrogen-bond donors (Lipinski definition) is 1. The van der Waals surface area contributed by atoms with Crippen LogP contribution in [0.5, 0.6) is 0 Å². The lowest BCUT2D eigenvalue weighted by Crippen LogP contribution is -2.40. The lowest BCUT2D eigenvalue weighted by atomic mass is 9.89. The van der Waals surface area contributed by atoms with Crippen LogP contribution in [-0.2, 0) is 6.42 Å². The van der Waals surface area contributed by atoms with E-state index >= 15 is 0 Å². The third-order valence-corrected chi connectivity index (χ3v) is 3.43. The van der Waals surface area contributed by atoms with Gasteiger partial charge in [0.15, 0.2) is 0 Å². The quantitative estimate of drug-likeness (QED) is 0.807. The molecule has 1 rings (SSSR count). The van der Waals surface area contributed by atoms with Gasteiger partial charge in [-0.1, -0.05) is 13.8 Å². The van der Waals surface area contributed by atoms with Crippen molar-refractivity contribution in [2.75, 3.05) is 0 Å². The minimum absolute atomic E-state index is 0.0550. The number of nitrogens with two attached hydrogens (primary N) is 1. The van der Waals surface area contributed by atoms with Gasteiger partial charge in [0.05, 0.1) is 10.7 Å². The molecule has 13 heavy (non-hydrogen) atoms. The molecule has 0 unspecified atom stereocenters. The maximum Gasteiger partial charge on any atom is 0.0897 e. The molecule has 0 amide bonds. The molecule has 0 saturated heterocycles.